The number of pyridine rings is 1. The van der Waals surface area contributed by atoms with Crippen molar-refractivity contribution >= 4 is 29.3 Å². The van der Waals surface area contributed by atoms with Crippen LogP contribution in [0.1, 0.15) is 43.2 Å². The molecule has 0 aliphatic carbocycles. The predicted molar refractivity (Wildman–Crippen MR) is 120 cm³/mol. The van der Waals surface area contributed by atoms with E-state index < -0.39 is 21.6 Å². The fourth-order valence-corrected chi connectivity index (χ4v) is 5.84. The third-order valence-corrected chi connectivity index (χ3v) is 7.42. The normalized spacial score (nSPS) is 23.5. The number of β-lactam (4-membered cyclic amide) rings is 1. The van der Waals surface area contributed by atoms with Crippen molar-refractivity contribution in [3.8, 4) is 0 Å². The minimum Gasteiger partial charge on any atom is -0.453 e. The summed E-state index contributed by atoms with van der Waals surface area (Å²) >= 11 is 1.45. The lowest BCUT2D eigenvalue weighted by Crippen LogP contribution is -2.70. The van der Waals surface area contributed by atoms with Gasteiger partial charge in [-0.3, -0.25) is 15.1 Å². The number of nitro benzene ring substituents is 1. The Bertz CT molecular complexity index is 1120. The second-order valence-electron chi connectivity index (χ2n) is 8.15. The maximum absolute atomic E-state index is 13.3. The Hall–Kier alpha value is -3.08. The van der Waals surface area contributed by atoms with Crippen molar-refractivity contribution in [3.63, 3.8) is 0 Å². The van der Waals surface area contributed by atoms with Gasteiger partial charge in [0.2, 0.25) is 5.70 Å². The number of nitro groups is 1. The number of aromatic nitrogens is 1. The topological polar surface area (TPSA) is 120 Å². The van der Waals surface area contributed by atoms with Crippen molar-refractivity contribution in [1.82, 2.24) is 4.98 Å². The van der Waals surface area contributed by atoms with Gasteiger partial charge in [-0.2, -0.15) is 4.48 Å². The number of hydrogen-bond donors (Lipinski definition) is 1. The molecule has 0 bridgehead atoms. The van der Waals surface area contributed by atoms with Crippen LogP contribution in [0, 0.1) is 10.1 Å². The summed E-state index contributed by atoms with van der Waals surface area (Å²) in [5, 5.41) is 21.3. The van der Waals surface area contributed by atoms with Crippen LogP contribution in [0.3, 0.4) is 0 Å². The number of benzene rings is 1. The number of aliphatic hydroxyl groups excluding tert-OH is 1. The van der Waals surface area contributed by atoms with Gasteiger partial charge in [0, 0.05) is 36.9 Å². The molecule has 4 atom stereocenters. The molecule has 0 saturated carbocycles. The van der Waals surface area contributed by atoms with Crippen molar-refractivity contribution in [1.29, 1.82) is 0 Å². The van der Waals surface area contributed by atoms with Crippen LogP contribution in [0.4, 0.5) is 5.69 Å². The number of thioether (sulfide) groups is 1. The zero-order valence-electron chi connectivity index (χ0n) is 18.2. The van der Waals surface area contributed by atoms with Crippen molar-refractivity contribution in [2.45, 2.75) is 50.8 Å². The van der Waals surface area contributed by atoms with Gasteiger partial charge in [-0.25, -0.2) is 9.59 Å². The molecule has 33 heavy (non-hydrogen) atoms. The summed E-state index contributed by atoms with van der Waals surface area (Å²) in [7, 11) is 0. The van der Waals surface area contributed by atoms with E-state index in [1.165, 1.54) is 43.0 Å². The number of esters is 1. The van der Waals surface area contributed by atoms with Gasteiger partial charge in [0.25, 0.3) is 5.69 Å². The van der Waals surface area contributed by atoms with Gasteiger partial charge in [0.1, 0.15) is 19.1 Å². The third-order valence-electron chi connectivity index (χ3n) is 6.18. The van der Waals surface area contributed by atoms with Crippen LogP contribution in [0.5, 0.6) is 0 Å². The van der Waals surface area contributed by atoms with E-state index in [4.69, 9.17) is 4.74 Å². The zero-order valence-corrected chi connectivity index (χ0v) is 19.0. The Morgan fingerprint density at radius 1 is 1.27 bits per heavy atom. The monoisotopic (exact) mass is 470 g/mol. The SMILES string of the molecule is C[C@@H](SC1=C(C(=O)OCc2ccc([N+](=O)[O-])cc2)[N@+]2([C@@H](C)O)C(=O)CC2C1)c1ccccn1. The quantitative estimate of drug-likeness (QED) is 0.204. The molecule has 1 N–H and O–H groups in total. The maximum atomic E-state index is 13.3. The van der Waals surface area contributed by atoms with E-state index in [0.29, 0.717) is 18.4 Å². The first-order chi connectivity index (χ1) is 15.7. The van der Waals surface area contributed by atoms with Gasteiger partial charge in [-0.15, -0.1) is 11.8 Å². The molecule has 1 aromatic carbocycles. The maximum Gasteiger partial charge on any atom is 0.394 e. The molecule has 4 rings (SSSR count). The van der Waals surface area contributed by atoms with Crippen LogP contribution < -0.4 is 0 Å². The fraction of sp³-hybridized carbons (Fsp3) is 0.348. The van der Waals surface area contributed by atoms with Crippen LogP contribution in [0.2, 0.25) is 0 Å². The van der Waals surface area contributed by atoms with Gasteiger partial charge in [-0.1, -0.05) is 6.07 Å². The number of ether oxygens (including phenoxy) is 1. The van der Waals surface area contributed by atoms with E-state index in [9.17, 15) is 24.8 Å². The number of rotatable bonds is 8. The highest BCUT2D eigenvalue weighted by Gasteiger charge is 2.68. The summed E-state index contributed by atoms with van der Waals surface area (Å²) in [6, 6.07) is 11.1. The molecule has 2 aliphatic heterocycles. The lowest BCUT2D eigenvalue weighted by Gasteiger charge is -2.46. The van der Waals surface area contributed by atoms with Crippen LogP contribution >= 0.6 is 11.8 Å². The summed E-state index contributed by atoms with van der Waals surface area (Å²) in [6.07, 6.45) is 1.42. The van der Waals surface area contributed by atoms with Crippen molar-refractivity contribution in [2.24, 2.45) is 0 Å². The molecular formula is C23H24N3O6S+. The van der Waals surface area contributed by atoms with Crippen molar-refractivity contribution < 1.29 is 28.8 Å². The Morgan fingerprint density at radius 2 is 2.00 bits per heavy atom. The number of quaternary nitrogens is 1. The predicted octanol–water partition coefficient (Wildman–Crippen LogP) is 3.60. The summed E-state index contributed by atoms with van der Waals surface area (Å²) in [5.74, 6) is -0.876. The zero-order chi connectivity index (χ0) is 23.8. The number of nitrogens with zero attached hydrogens (tertiary/aromatic N) is 3. The van der Waals surface area contributed by atoms with E-state index in [1.54, 1.807) is 6.20 Å². The molecule has 3 heterocycles. The first kappa shape index (κ1) is 23.1. The minimum atomic E-state index is -1.08. The number of amides is 1. The average molecular weight is 471 g/mol. The van der Waals surface area contributed by atoms with Gasteiger partial charge >= 0.3 is 11.9 Å². The van der Waals surface area contributed by atoms with Crippen LogP contribution in [-0.4, -0.2) is 43.6 Å². The standard InChI is InChI=1S/C23H24N3O6S/c1-14(19-5-3-4-10-24-19)33-20-11-18-12-21(28)26(18,15(2)27)22(20)23(29)32-13-16-6-8-17(9-7-16)25(30)31/h3-10,14-15,18,27H,11-13H2,1-2H3/q+1/t14-,15-,18?,26+/m1/s1. The van der Waals surface area contributed by atoms with E-state index >= 15 is 0 Å². The Balaban J connectivity index is 1.60. The second kappa shape index (κ2) is 9.05. The molecule has 10 heteroatoms. The van der Waals surface area contributed by atoms with E-state index in [1.807, 2.05) is 25.1 Å². The first-order valence-electron chi connectivity index (χ1n) is 10.6. The Kier molecular flexibility index (Phi) is 6.33. The first-order valence-corrected chi connectivity index (χ1v) is 11.4. The summed E-state index contributed by atoms with van der Waals surface area (Å²) in [6.45, 7) is 3.39. The van der Waals surface area contributed by atoms with Crippen LogP contribution in [0.25, 0.3) is 0 Å². The molecule has 2 aromatic rings. The summed E-state index contributed by atoms with van der Waals surface area (Å²) in [5.41, 5.74) is 1.55. The van der Waals surface area contributed by atoms with Crippen LogP contribution in [0.15, 0.2) is 59.3 Å². The molecule has 1 unspecified atom stereocenters. The van der Waals surface area contributed by atoms with Gasteiger partial charge in [0.15, 0.2) is 6.23 Å². The number of non-ortho nitro benzene ring substituents is 1. The highest BCUT2D eigenvalue weighted by Crippen LogP contribution is 2.53. The summed E-state index contributed by atoms with van der Waals surface area (Å²) in [4.78, 5) is 41.5. The molecule has 1 aromatic heterocycles. The molecular weight excluding hydrogens is 446 g/mol. The molecule has 0 radical (unpaired) electrons. The molecule has 172 valence electrons. The molecule has 0 spiro atoms. The smallest absolute Gasteiger partial charge is 0.394 e. The third kappa shape index (κ3) is 4.05. The highest BCUT2D eigenvalue weighted by molar-refractivity contribution is 8.03. The van der Waals surface area contributed by atoms with Gasteiger partial charge in [0.05, 0.1) is 15.5 Å². The Morgan fingerprint density at radius 3 is 2.58 bits per heavy atom. The molecule has 1 amide bonds. The Labute approximate surface area is 194 Å². The number of hydrogen-bond acceptors (Lipinski definition) is 8. The second-order valence-corrected chi connectivity index (χ2v) is 9.59. The largest absolute Gasteiger partial charge is 0.453 e. The number of aliphatic hydroxyl groups is 1. The van der Waals surface area contributed by atoms with E-state index in [2.05, 4.69) is 4.98 Å². The van der Waals surface area contributed by atoms with E-state index in [-0.39, 0.29) is 35.2 Å². The number of fused-ring (bicyclic) bond motifs is 1. The lowest BCUT2D eigenvalue weighted by molar-refractivity contribution is -0.905. The molecule has 1 fully saturated rings. The number of carbonyl (C=O) groups is 2. The van der Waals surface area contributed by atoms with Crippen LogP contribution in [-0.2, 0) is 20.9 Å². The molecule has 9 nitrogen and oxygen atoms in total. The van der Waals surface area contributed by atoms with E-state index in [0.717, 1.165) is 10.6 Å². The molecule has 1 saturated heterocycles. The number of carbonyl (C=O) groups excluding carboxylic acids is 2. The van der Waals surface area contributed by atoms with Gasteiger partial charge < -0.3 is 9.84 Å². The minimum absolute atomic E-state index is 0.0570. The average Bonchev–Trinajstić information content (AvgIpc) is 3.06. The fourth-order valence-electron chi connectivity index (χ4n) is 4.52. The summed E-state index contributed by atoms with van der Waals surface area (Å²) < 4.78 is 5.13. The van der Waals surface area contributed by atoms with Gasteiger partial charge in [-0.05, 0) is 36.8 Å². The van der Waals surface area contributed by atoms with Crippen molar-refractivity contribution in [3.05, 3.63) is 80.6 Å². The molecule has 2 aliphatic rings. The highest BCUT2D eigenvalue weighted by atomic mass is 32.2. The van der Waals surface area contributed by atoms with Crippen molar-refractivity contribution in [2.75, 3.05) is 0 Å². The lowest BCUT2D eigenvalue weighted by atomic mass is 9.96.